The summed E-state index contributed by atoms with van der Waals surface area (Å²) in [5.41, 5.74) is 0.977. The molecule has 1 N–H and O–H groups in total. The summed E-state index contributed by atoms with van der Waals surface area (Å²) < 4.78 is 16.4. The van der Waals surface area contributed by atoms with Crippen LogP contribution in [0.4, 0.5) is 5.69 Å². The fraction of sp³-hybridized carbons (Fsp3) is 0.412. The number of hydrogen-bond donors (Lipinski definition) is 1. The first-order valence-electron chi connectivity index (χ1n) is 7.25. The van der Waals surface area contributed by atoms with Crippen LogP contribution in [0, 0.1) is 5.92 Å². The Balaban J connectivity index is 1.63. The molecule has 1 aliphatic carbocycles. The fourth-order valence-electron chi connectivity index (χ4n) is 2.54. The van der Waals surface area contributed by atoms with Crippen molar-refractivity contribution in [2.45, 2.75) is 25.8 Å². The molecule has 0 amide bonds. The van der Waals surface area contributed by atoms with Crippen LogP contribution in [0.2, 0.25) is 0 Å². The second-order valence-electron chi connectivity index (χ2n) is 5.55. The normalized spacial score (nSPS) is 20.1. The minimum atomic E-state index is 0.625. The van der Waals surface area contributed by atoms with Gasteiger partial charge in [-0.25, -0.2) is 0 Å². The number of nitrogens with one attached hydrogen (secondary N) is 1. The second kappa shape index (κ2) is 5.72. The topological polar surface area (TPSA) is 43.6 Å². The van der Waals surface area contributed by atoms with Crippen molar-refractivity contribution < 1.29 is 13.9 Å². The van der Waals surface area contributed by atoms with E-state index >= 15 is 0 Å². The maximum Gasteiger partial charge on any atom is 0.162 e. The lowest BCUT2D eigenvalue weighted by Gasteiger charge is -2.10. The Hall–Kier alpha value is -2.10. The summed E-state index contributed by atoms with van der Waals surface area (Å²) in [5.74, 6) is 4.91. The lowest BCUT2D eigenvalue weighted by Crippen LogP contribution is -1.99. The molecule has 4 heteroatoms. The van der Waals surface area contributed by atoms with Gasteiger partial charge in [0.25, 0.3) is 0 Å². The summed E-state index contributed by atoms with van der Waals surface area (Å²) in [6, 6.07) is 9.92. The van der Waals surface area contributed by atoms with E-state index < -0.39 is 0 Å². The summed E-state index contributed by atoms with van der Waals surface area (Å²) in [6.45, 7) is 2.92. The van der Waals surface area contributed by atoms with Crippen LogP contribution in [0.1, 0.15) is 30.8 Å². The maximum absolute atomic E-state index is 5.88. The Labute approximate surface area is 125 Å². The third-order valence-electron chi connectivity index (χ3n) is 4.01. The van der Waals surface area contributed by atoms with Gasteiger partial charge in [-0.2, -0.15) is 0 Å². The molecular weight excluding hydrogens is 266 g/mol. The molecule has 0 radical (unpaired) electrons. The number of furan rings is 1. The highest BCUT2D eigenvalue weighted by molar-refractivity contribution is 5.54. The monoisotopic (exact) mass is 287 g/mol. The van der Waals surface area contributed by atoms with E-state index in [2.05, 4.69) is 18.3 Å². The molecule has 112 valence electrons. The van der Waals surface area contributed by atoms with E-state index in [1.807, 2.05) is 24.3 Å². The van der Waals surface area contributed by atoms with Crippen LogP contribution in [-0.4, -0.2) is 14.2 Å². The van der Waals surface area contributed by atoms with E-state index in [4.69, 9.17) is 13.9 Å². The van der Waals surface area contributed by atoms with Crippen molar-refractivity contribution in [2.24, 2.45) is 5.92 Å². The Kier molecular flexibility index (Phi) is 3.78. The molecule has 4 nitrogen and oxygen atoms in total. The smallest absolute Gasteiger partial charge is 0.162 e. The van der Waals surface area contributed by atoms with Crippen molar-refractivity contribution in [3.05, 3.63) is 41.9 Å². The largest absolute Gasteiger partial charge is 0.493 e. The summed E-state index contributed by atoms with van der Waals surface area (Å²) in [7, 11) is 3.27. The van der Waals surface area contributed by atoms with E-state index in [-0.39, 0.29) is 0 Å². The van der Waals surface area contributed by atoms with Crippen LogP contribution in [0.25, 0.3) is 0 Å². The predicted molar refractivity (Wildman–Crippen MR) is 82.1 cm³/mol. The van der Waals surface area contributed by atoms with Crippen LogP contribution < -0.4 is 14.8 Å². The van der Waals surface area contributed by atoms with Crippen LogP contribution in [0.3, 0.4) is 0 Å². The van der Waals surface area contributed by atoms with Gasteiger partial charge in [0.2, 0.25) is 0 Å². The first-order valence-corrected chi connectivity index (χ1v) is 7.25. The van der Waals surface area contributed by atoms with Crippen molar-refractivity contribution in [3.8, 4) is 11.5 Å². The summed E-state index contributed by atoms with van der Waals surface area (Å²) >= 11 is 0. The molecule has 1 aliphatic rings. The van der Waals surface area contributed by atoms with Crippen molar-refractivity contribution in [2.75, 3.05) is 19.5 Å². The highest BCUT2D eigenvalue weighted by atomic mass is 16.5. The van der Waals surface area contributed by atoms with E-state index in [0.717, 1.165) is 34.6 Å². The van der Waals surface area contributed by atoms with Crippen LogP contribution in [-0.2, 0) is 6.54 Å². The molecule has 2 unspecified atom stereocenters. The number of anilines is 1. The van der Waals surface area contributed by atoms with E-state index in [0.29, 0.717) is 12.5 Å². The van der Waals surface area contributed by atoms with E-state index in [1.54, 1.807) is 14.2 Å². The van der Waals surface area contributed by atoms with Gasteiger partial charge < -0.3 is 19.2 Å². The van der Waals surface area contributed by atoms with E-state index in [9.17, 15) is 0 Å². The second-order valence-corrected chi connectivity index (χ2v) is 5.55. The summed E-state index contributed by atoms with van der Waals surface area (Å²) in [5, 5.41) is 3.34. The fourth-order valence-corrected chi connectivity index (χ4v) is 2.54. The van der Waals surface area contributed by atoms with Gasteiger partial charge in [0, 0.05) is 17.7 Å². The Morgan fingerprint density at radius 3 is 2.57 bits per heavy atom. The van der Waals surface area contributed by atoms with Crippen LogP contribution >= 0.6 is 0 Å². The van der Waals surface area contributed by atoms with Gasteiger partial charge in [-0.1, -0.05) is 6.92 Å². The lowest BCUT2D eigenvalue weighted by atomic mass is 10.2. The molecule has 21 heavy (non-hydrogen) atoms. The number of methoxy groups -OCH3 is 2. The Bertz CT molecular complexity index is 620. The molecule has 1 aromatic carbocycles. The third kappa shape index (κ3) is 2.99. The average molecular weight is 287 g/mol. The van der Waals surface area contributed by atoms with Crippen LogP contribution in [0.5, 0.6) is 11.5 Å². The molecule has 0 saturated heterocycles. The zero-order valence-electron chi connectivity index (χ0n) is 12.7. The molecule has 0 bridgehead atoms. The average Bonchev–Trinajstić information content (AvgIpc) is 3.06. The maximum atomic E-state index is 5.88. The lowest BCUT2D eigenvalue weighted by molar-refractivity contribution is 0.355. The van der Waals surface area contributed by atoms with Gasteiger partial charge in [-0.05, 0) is 36.6 Å². The summed E-state index contributed by atoms with van der Waals surface area (Å²) in [6.07, 6.45) is 1.25. The molecule has 1 heterocycles. The first kappa shape index (κ1) is 13.9. The van der Waals surface area contributed by atoms with Crippen molar-refractivity contribution in [3.63, 3.8) is 0 Å². The van der Waals surface area contributed by atoms with Crippen molar-refractivity contribution in [1.29, 1.82) is 0 Å². The number of hydrogen-bond acceptors (Lipinski definition) is 4. The molecule has 1 fully saturated rings. The molecule has 3 rings (SSSR count). The number of rotatable bonds is 6. The van der Waals surface area contributed by atoms with E-state index in [1.165, 1.54) is 6.42 Å². The van der Waals surface area contributed by atoms with Crippen molar-refractivity contribution >= 4 is 5.69 Å². The molecule has 0 spiro atoms. The predicted octanol–water partition coefficient (Wildman–Crippen LogP) is 4.03. The minimum absolute atomic E-state index is 0.625. The summed E-state index contributed by atoms with van der Waals surface area (Å²) in [4.78, 5) is 0. The third-order valence-corrected chi connectivity index (χ3v) is 4.01. The molecular formula is C17H21NO3. The standard InChI is InChI=1S/C17H21NO3/c1-11-8-14(11)15-7-5-13(21-15)10-18-12-4-6-16(19-2)17(9-12)20-3/h4-7,9,11,14,18H,8,10H2,1-3H3. The van der Waals surface area contributed by atoms with Crippen LogP contribution in [0.15, 0.2) is 34.7 Å². The van der Waals surface area contributed by atoms with Gasteiger partial charge in [0.15, 0.2) is 11.5 Å². The minimum Gasteiger partial charge on any atom is -0.493 e. The van der Waals surface area contributed by atoms with Gasteiger partial charge in [-0.15, -0.1) is 0 Å². The zero-order chi connectivity index (χ0) is 14.8. The Morgan fingerprint density at radius 1 is 1.14 bits per heavy atom. The van der Waals surface area contributed by atoms with Gasteiger partial charge >= 0.3 is 0 Å². The molecule has 2 aromatic rings. The van der Waals surface area contributed by atoms with Gasteiger partial charge in [0.05, 0.1) is 20.8 Å². The van der Waals surface area contributed by atoms with Gasteiger partial charge in [0.1, 0.15) is 11.5 Å². The molecule has 2 atom stereocenters. The van der Waals surface area contributed by atoms with Crippen molar-refractivity contribution in [1.82, 2.24) is 0 Å². The number of benzene rings is 1. The molecule has 1 saturated carbocycles. The molecule has 0 aliphatic heterocycles. The first-order chi connectivity index (χ1) is 10.2. The highest BCUT2D eigenvalue weighted by Crippen LogP contribution is 2.47. The van der Waals surface area contributed by atoms with Gasteiger partial charge in [-0.3, -0.25) is 0 Å². The number of ether oxygens (including phenoxy) is 2. The Morgan fingerprint density at radius 2 is 1.90 bits per heavy atom. The quantitative estimate of drug-likeness (QED) is 0.871. The molecule has 1 aromatic heterocycles. The SMILES string of the molecule is COc1ccc(NCc2ccc(C3CC3C)o2)cc1OC. The highest BCUT2D eigenvalue weighted by Gasteiger charge is 2.36. The zero-order valence-corrected chi connectivity index (χ0v) is 12.7.